The third-order valence-corrected chi connectivity index (χ3v) is 7.35. The van der Waals surface area contributed by atoms with Crippen LogP contribution in [0.3, 0.4) is 0 Å². The summed E-state index contributed by atoms with van der Waals surface area (Å²) in [4.78, 5) is 0. The Hall–Kier alpha value is -0.790. The quantitative estimate of drug-likeness (QED) is 0.107. The fourth-order valence-corrected chi connectivity index (χ4v) is 5.14. The molecule has 194 valence electrons. The van der Waals surface area contributed by atoms with E-state index in [1.807, 2.05) is 0 Å². The van der Waals surface area contributed by atoms with Crippen molar-refractivity contribution >= 4 is 0 Å². The summed E-state index contributed by atoms with van der Waals surface area (Å²) in [6.07, 6.45) is 35.8. The number of hydrogen-bond acceptors (Lipinski definition) is 0. The summed E-state index contributed by atoms with van der Waals surface area (Å²) >= 11 is 0. The molecule has 1 heterocycles. The van der Waals surface area contributed by atoms with Crippen LogP contribution in [0.4, 0.5) is 0 Å². The highest BCUT2D eigenvalue weighted by Crippen LogP contribution is 2.15. The van der Waals surface area contributed by atoms with Crippen LogP contribution in [0.2, 0.25) is 0 Å². The summed E-state index contributed by atoms with van der Waals surface area (Å²) in [6.45, 7) is 10.5. The molecule has 0 fully saturated rings. The van der Waals surface area contributed by atoms with Gasteiger partial charge < -0.3 is 0 Å². The predicted octanol–water partition coefficient (Wildman–Crippen LogP) is 10.1. The summed E-state index contributed by atoms with van der Waals surface area (Å²) in [5.74, 6) is 1.56. The molecular formula is C31H61N2+. The monoisotopic (exact) mass is 461 g/mol. The van der Waals surface area contributed by atoms with Gasteiger partial charge in [0.25, 0.3) is 5.82 Å². The largest absolute Gasteiger partial charge is 0.256 e. The second-order valence-corrected chi connectivity index (χ2v) is 10.9. The van der Waals surface area contributed by atoms with E-state index in [4.69, 9.17) is 0 Å². The first-order valence-electron chi connectivity index (χ1n) is 15.3. The molecule has 0 aliphatic heterocycles. The zero-order valence-corrected chi connectivity index (χ0v) is 23.4. The molecule has 0 aliphatic rings. The van der Waals surface area contributed by atoms with Crippen molar-refractivity contribution in [3.8, 4) is 0 Å². The molecule has 0 unspecified atom stereocenters. The molecule has 0 saturated heterocycles. The molecule has 0 amide bonds. The van der Waals surface area contributed by atoms with Gasteiger partial charge in [-0.2, -0.15) is 0 Å². The summed E-state index contributed by atoms with van der Waals surface area (Å²) in [5, 5.41) is 0. The number of hydrogen-bond donors (Lipinski definition) is 0. The predicted molar refractivity (Wildman–Crippen MR) is 147 cm³/mol. The van der Waals surface area contributed by atoms with Gasteiger partial charge in [0.2, 0.25) is 0 Å². The minimum atomic E-state index is 0.571. The lowest BCUT2D eigenvalue weighted by Crippen LogP contribution is -2.37. The molecule has 1 aromatic heterocycles. The summed E-state index contributed by atoms with van der Waals surface area (Å²) in [7, 11) is 0. The molecule has 0 radical (unpaired) electrons. The van der Waals surface area contributed by atoms with Crippen molar-refractivity contribution in [2.45, 2.75) is 182 Å². The molecule has 0 bridgehead atoms. The van der Waals surface area contributed by atoms with E-state index < -0.39 is 0 Å². The fourth-order valence-electron chi connectivity index (χ4n) is 5.14. The molecule has 0 aliphatic carbocycles. The Morgan fingerprint density at radius 1 is 0.576 bits per heavy atom. The van der Waals surface area contributed by atoms with Crippen LogP contribution < -0.4 is 4.57 Å². The van der Waals surface area contributed by atoms with Crippen LogP contribution in [0.25, 0.3) is 0 Å². The van der Waals surface area contributed by atoms with Crippen molar-refractivity contribution < 1.29 is 4.57 Å². The van der Waals surface area contributed by atoms with Gasteiger partial charge in [0.1, 0.15) is 12.4 Å². The Morgan fingerprint density at radius 3 is 1.39 bits per heavy atom. The highest BCUT2D eigenvalue weighted by atomic mass is 15.2. The number of imidazole rings is 1. The van der Waals surface area contributed by atoms with Crippen LogP contribution in [0.15, 0.2) is 12.4 Å². The summed E-state index contributed by atoms with van der Waals surface area (Å²) in [6, 6.07) is 0.571. The van der Waals surface area contributed by atoms with E-state index in [1.54, 1.807) is 5.82 Å². The van der Waals surface area contributed by atoms with Crippen molar-refractivity contribution in [3.63, 3.8) is 0 Å². The third-order valence-electron chi connectivity index (χ3n) is 7.35. The van der Waals surface area contributed by atoms with E-state index in [1.165, 1.54) is 148 Å². The topological polar surface area (TPSA) is 8.81 Å². The van der Waals surface area contributed by atoms with Crippen molar-refractivity contribution in [2.24, 2.45) is 0 Å². The van der Waals surface area contributed by atoms with Crippen LogP contribution >= 0.6 is 0 Å². The maximum absolute atomic E-state index is 2.56. The van der Waals surface area contributed by atoms with Crippen LogP contribution in [-0.2, 0) is 13.0 Å². The SMILES string of the molecule is CCCCCCCCCCCCCCCCCc1n(C(C)C)cc[n+]1CCCCCCCC. The maximum Gasteiger partial charge on any atom is 0.256 e. The van der Waals surface area contributed by atoms with Crippen LogP contribution in [0.5, 0.6) is 0 Å². The zero-order chi connectivity index (χ0) is 24.0. The fraction of sp³-hybridized carbons (Fsp3) is 0.903. The van der Waals surface area contributed by atoms with Gasteiger partial charge in [-0.05, 0) is 33.1 Å². The first-order chi connectivity index (χ1) is 16.2. The van der Waals surface area contributed by atoms with Gasteiger partial charge in [-0.1, -0.05) is 129 Å². The van der Waals surface area contributed by atoms with Gasteiger partial charge in [-0.3, -0.25) is 0 Å². The minimum Gasteiger partial charge on any atom is -0.234 e. The highest BCUT2D eigenvalue weighted by Gasteiger charge is 2.18. The molecule has 0 saturated carbocycles. The number of unbranched alkanes of at least 4 members (excludes halogenated alkanes) is 19. The van der Waals surface area contributed by atoms with Gasteiger partial charge in [0.15, 0.2) is 0 Å². The van der Waals surface area contributed by atoms with Gasteiger partial charge in [0, 0.05) is 6.42 Å². The first-order valence-corrected chi connectivity index (χ1v) is 15.3. The van der Waals surface area contributed by atoms with Gasteiger partial charge in [0.05, 0.1) is 12.6 Å². The molecule has 1 rings (SSSR count). The number of aryl methyl sites for hydroxylation is 1. The Labute approximate surface area is 208 Å². The number of aromatic nitrogens is 2. The summed E-state index contributed by atoms with van der Waals surface area (Å²) in [5.41, 5.74) is 0. The zero-order valence-electron chi connectivity index (χ0n) is 23.4. The molecule has 0 spiro atoms. The number of rotatable bonds is 24. The molecular weight excluding hydrogens is 400 g/mol. The van der Waals surface area contributed by atoms with E-state index in [-0.39, 0.29) is 0 Å². The normalized spacial score (nSPS) is 11.7. The lowest BCUT2D eigenvalue weighted by atomic mass is 10.0. The first kappa shape index (κ1) is 30.2. The Morgan fingerprint density at radius 2 is 0.970 bits per heavy atom. The average molecular weight is 462 g/mol. The third kappa shape index (κ3) is 15.7. The Bertz CT molecular complexity index is 531. The number of nitrogens with zero attached hydrogens (tertiary/aromatic N) is 2. The van der Waals surface area contributed by atoms with Crippen molar-refractivity contribution in [3.05, 3.63) is 18.2 Å². The second-order valence-electron chi connectivity index (χ2n) is 10.9. The second kappa shape index (κ2) is 21.7. The lowest BCUT2D eigenvalue weighted by molar-refractivity contribution is -0.704. The van der Waals surface area contributed by atoms with Gasteiger partial charge in [-0.25, -0.2) is 9.13 Å². The van der Waals surface area contributed by atoms with E-state index in [0.29, 0.717) is 6.04 Å². The smallest absolute Gasteiger partial charge is 0.234 e. The molecule has 0 atom stereocenters. The van der Waals surface area contributed by atoms with Gasteiger partial charge in [-0.15, -0.1) is 0 Å². The molecule has 0 aromatic carbocycles. The van der Waals surface area contributed by atoms with E-state index >= 15 is 0 Å². The summed E-state index contributed by atoms with van der Waals surface area (Å²) < 4.78 is 5.07. The average Bonchev–Trinajstić information content (AvgIpc) is 3.21. The molecule has 2 nitrogen and oxygen atoms in total. The molecule has 33 heavy (non-hydrogen) atoms. The van der Waals surface area contributed by atoms with E-state index in [0.717, 1.165) is 0 Å². The Balaban J connectivity index is 2.08. The van der Waals surface area contributed by atoms with Crippen LogP contribution in [0.1, 0.15) is 174 Å². The lowest BCUT2D eigenvalue weighted by Gasteiger charge is -2.08. The molecule has 1 aromatic rings. The van der Waals surface area contributed by atoms with Gasteiger partial charge >= 0.3 is 0 Å². The molecule has 2 heteroatoms. The Kier molecular flexibility index (Phi) is 19.9. The van der Waals surface area contributed by atoms with E-state index in [9.17, 15) is 0 Å². The minimum absolute atomic E-state index is 0.571. The molecule has 0 N–H and O–H groups in total. The van der Waals surface area contributed by atoms with Crippen LogP contribution in [-0.4, -0.2) is 4.57 Å². The van der Waals surface area contributed by atoms with Crippen molar-refractivity contribution in [2.75, 3.05) is 0 Å². The van der Waals surface area contributed by atoms with E-state index in [2.05, 4.69) is 49.2 Å². The van der Waals surface area contributed by atoms with Crippen molar-refractivity contribution in [1.82, 2.24) is 4.57 Å². The van der Waals surface area contributed by atoms with Crippen LogP contribution in [0, 0.1) is 0 Å². The maximum atomic E-state index is 2.56. The van der Waals surface area contributed by atoms with Crippen molar-refractivity contribution in [1.29, 1.82) is 0 Å². The highest BCUT2D eigenvalue weighted by molar-refractivity contribution is 4.86. The standard InChI is InChI=1S/C31H61N2/c1-5-7-9-11-13-14-15-16-17-18-19-20-21-22-24-26-31-32(28-29-33(31)30(3)4)27-25-23-12-10-8-6-2/h28-30H,5-27H2,1-4H3/q+1.